The van der Waals surface area contributed by atoms with Crippen LogP contribution in [-0.4, -0.2) is 24.0 Å². The van der Waals surface area contributed by atoms with E-state index in [0.717, 1.165) is 19.5 Å². The minimum Gasteiger partial charge on any atom is -0.293 e. The van der Waals surface area contributed by atoms with Crippen molar-refractivity contribution in [2.75, 3.05) is 13.1 Å². The molecule has 1 nitrogen and oxygen atoms in total. The molecule has 0 spiro atoms. The second kappa shape index (κ2) is 9.41. The maximum atomic E-state index is 3.80. The van der Waals surface area contributed by atoms with E-state index in [1.807, 2.05) is 6.08 Å². The van der Waals surface area contributed by atoms with E-state index in [1.54, 1.807) is 0 Å². The first-order chi connectivity index (χ1) is 7.71. The lowest BCUT2D eigenvalue weighted by molar-refractivity contribution is 0.256. The molecule has 0 bridgehead atoms. The summed E-state index contributed by atoms with van der Waals surface area (Å²) in [6, 6.07) is 0.454. The zero-order valence-corrected chi connectivity index (χ0v) is 11.4. The first-order valence-electron chi connectivity index (χ1n) is 6.31. The van der Waals surface area contributed by atoms with Crippen molar-refractivity contribution in [3.8, 4) is 0 Å². The van der Waals surface area contributed by atoms with Crippen LogP contribution in [0.4, 0.5) is 0 Å². The standard InChI is InChI=1S/C15H27N/c1-6-10-13-16(12-8-3)15(11-7-2)14(5)9-4/h6-7,9,11,15H,1,8,10,12-13H2,2-5H3. The summed E-state index contributed by atoms with van der Waals surface area (Å²) < 4.78 is 0. The SMILES string of the molecule is C=CCCN(CCC)C(C=CC)C(C)=CC. The fraction of sp³-hybridized carbons (Fsp3) is 0.600. The van der Waals surface area contributed by atoms with Crippen LogP contribution in [0.25, 0.3) is 0 Å². The van der Waals surface area contributed by atoms with Crippen LogP contribution in [0, 0.1) is 0 Å². The largest absolute Gasteiger partial charge is 0.293 e. The maximum absolute atomic E-state index is 3.80. The van der Waals surface area contributed by atoms with Crippen LogP contribution < -0.4 is 0 Å². The predicted molar refractivity (Wildman–Crippen MR) is 74.7 cm³/mol. The Kier molecular flexibility index (Phi) is 8.93. The highest BCUT2D eigenvalue weighted by atomic mass is 15.1. The van der Waals surface area contributed by atoms with Crippen molar-refractivity contribution in [1.82, 2.24) is 4.90 Å². The van der Waals surface area contributed by atoms with E-state index in [4.69, 9.17) is 0 Å². The molecular weight excluding hydrogens is 194 g/mol. The van der Waals surface area contributed by atoms with Gasteiger partial charge in [-0.1, -0.05) is 36.8 Å². The molecule has 1 atom stereocenters. The molecule has 0 saturated heterocycles. The summed E-state index contributed by atoms with van der Waals surface area (Å²) in [5.74, 6) is 0. The minimum atomic E-state index is 0.454. The highest BCUT2D eigenvalue weighted by Crippen LogP contribution is 2.13. The van der Waals surface area contributed by atoms with E-state index in [2.05, 4.69) is 57.4 Å². The predicted octanol–water partition coefficient (Wildman–Crippen LogP) is 4.19. The molecule has 16 heavy (non-hydrogen) atoms. The van der Waals surface area contributed by atoms with Crippen LogP contribution >= 0.6 is 0 Å². The zero-order valence-electron chi connectivity index (χ0n) is 11.4. The molecular formula is C15H27N. The Morgan fingerprint density at radius 1 is 1.31 bits per heavy atom. The third-order valence-electron chi connectivity index (χ3n) is 2.82. The molecule has 1 heteroatoms. The average Bonchev–Trinajstić information content (AvgIpc) is 2.31. The Labute approximate surface area is 102 Å². The van der Waals surface area contributed by atoms with Crippen molar-refractivity contribution in [3.63, 3.8) is 0 Å². The molecule has 92 valence electrons. The lowest BCUT2D eigenvalue weighted by Gasteiger charge is -2.30. The highest BCUT2D eigenvalue weighted by molar-refractivity contribution is 5.15. The molecule has 0 aliphatic heterocycles. The van der Waals surface area contributed by atoms with Gasteiger partial charge in [-0.3, -0.25) is 4.90 Å². The van der Waals surface area contributed by atoms with Crippen LogP contribution in [0.2, 0.25) is 0 Å². The summed E-state index contributed by atoms with van der Waals surface area (Å²) in [4.78, 5) is 2.52. The van der Waals surface area contributed by atoms with Gasteiger partial charge in [0.15, 0.2) is 0 Å². The first-order valence-corrected chi connectivity index (χ1v) is 6.31. The van der Waals surface area contributed by atoms with Gasteiger partial charge >= 0.3 is 0 Å². The van der Waals surface area contributed by atoms with E-state index in [9.17, 15) is 0 Å². The average molecular weight is 221 g/mol. The Balaban J connectivity index is 4.70. The van der Waals surface area contributed by atoms with Gasteiger partial charge in [-0.25, -0.2) is 0 Å². The normalized spacial score (nSPS) is 14.7. The number of allylic oxidation sites excluding steroid dienone is 2. The second-order valence-electron chi connectivity index (χ2n) is 4.12. The van der Waals surface area contributed by atoms with Crippen LogP contribution in [0.1, 0.15) is 40.5 Å². The van der Waals surface area contributed by atoms with Gasteiger partial charge in [-0.15, -0.1) is 6.58 Å². The van der Waals surface area contributed by atoms with Gasteiger partial charge in [0.05, 0.1) is 0 Å². The molecule has 0 rings (SSSR count). The van der Waals surface area contributed by atoms with E-state index in [-0.39, 0.29) is 0 Å². The smallest absolute Gasteiger partial charge is 0.0488 e. The summed E-state index contributed by atoms with van der Waals surface area (Å²) in [5.41, 5.74) is 1.43. The lowest BCUT2D eigenvalue weighted by atomic mass is 10.1. The van der Waals surface area contributed by atoms with E-state index < -0.39 is 0 Å². The third-order valence-corrected chi connectivity index (χ3v) is 2.82. The van der Waals surface area contributed by atoms with Crippen LogP contribution in [0.5, 0.6) is 0 Å². The van der Waals surface area contributed by atoms with Gasteiger partial charge in [0.25, 0.3) is 0 Å². The van der Waals surface area contributed by atoms with Crippen molar-refractivity contribution in [2.45, 2.75) is 46.6 Å². The monoisotopic (exact) mass is 221 g/mol. The molecule has 0 fully saturated rings. The molecule has 0 heterocycles. The number of nitrogens with zero attached hydrogens (tertiary/aromatic N) is 1. The van der Waals surface area contributed by atoms with E-state index in [0.29, 0.717) is 6.04 Å². The van der Waals surface area contributed by atoms with Gasteiger partial charge in [0.2, 0.25) is 0 Å². The van der Waals surface area contributed by atoms with Gasteiger partial charge in [-0.2, -0.15) is 0 Å². The van der Waals surface area contributed by atoms with E-state index in [1.165, 1.54) is 12.0 Å². The molecule has 1 unspecified atom stereocenters. The van der Waals surface area contributed by atoms with Crippen LogP contribution in [0.3, 0.4) is 0 Å². The molecule has 0 radical (unpaired) electrons. The summed E-state index contributed by atoms with van der Waals surface area (Å²) in [6.45, 7) is 14.7. The number of rotatable bonds is 8. The fourth-order valence-corrected chi connectivity index (χ4v) is 1.85. The van der Waals surface area contributed by atoms with Crippen molar-refractivity contribution >= 4 is 0 Å². The third kappa shape index (κ3) is 5.32. The lowest BCUT2D eigenvalue weighted by Crippen LogP contribution is -2.36. The zero-order chi connectivity index (χ0) is 12.4. The number of hydrogen-bond donors (Lipinski definition) is 0. The van der Waals surface area contributed by atoms with Crippen LogP contribution in [-0.2, 0) is 0 Å². The Hall–Kier alpha value is -0.820. The summed E-state index contributed by atoms with van der Waals surface area (Å²) in [6.07, 6.45) is 10.9. The molecule has 0 amide bonds. The summed E-state index contributed by atoms with van der Waals surface area (Å²) in [7, 11) is 0. The summed E-state index contributed by atoms with van der Waals surface area (Å²) in [5, 5.41) is 0. The Morgan fingerprint density at radius 2 is 2.00 bits per heavy atom. The van der Waals surface area contributed by atoms with Gasteiger partial charge in [0, 0.05) is 12.6 Å². The molecule has 0 aliphatic carbocycles. The fourth-order valence-electron chi connectivity index (χ4n) is 1.85. The van der Waals surface area contributed by atoms with Crippen molar-refractivity contribution in [3.05, 3.63) is 36.5 Å². The van der Waals surface area contributed by atoms with Crippen LogP contribution in [0.15, 0.2) is 36.5 Å². The van der Waals surface area contributed by atoms with Gasteiger partial charge in [0.1, 0.15) is 0 Å². The first kappa shape index (κ1) is 15.2. The topological polar surface area (TPSA) is 3.24 Å². The highest BCUT2D eigenvalue weighted by Gasteiger charge is 2.14. The quantitative estimate of drug-likeness (QED) is 0.556. The second-order valence-corrected chi connectivity index (χ2v) is 4.12. The molecule has 0 aliphatic rings. The Morgan fingerprint density at radius 3 is 2.44 bits per heavy atom. The van der Waals surface area contributed by atoms with Gasteiger partial charge in [-0.05, 0) is 40.2 Å². The van der Waals surface area contributed by atoms with Crippen molar-refractivity contribution < 1.29 is 0 Å². The molecule has 0 aromatic heterocycles. The van der Waals surface area contributed by atoms with Gasteiger partial charge < -0.3 is 0 Å². The molecule has 0 aromatic carbocycles. The Bertz CT molecular complexity index is 238. The molecule has 0 aromatic rings. The van der Waals surface area contributed by atoms with E-state index >= 15 is 0 Å². The maximum Gasteiger partial charge on any atom is 0.0488 e. The molecule has 0 saturated carbocycles. The summed E-state index contributed by atoms with van der Waals surface area (Å²) >= 11 is 0. The molecule has 0 N–H and O–H groups in total. The number of hydrogen-bond acceptors (Lipinski definition) is 1. The van der Waals surface area contributed by atoms with Crippen molar-refractivity contribution in [2.24, 2.45) is 0 Å². The van der Waals surface area contributed by atoms with Crippen molar-refractivity contribution in [1.29, 1.82) is 0 Å². The minimum absolute atomic E-state index is 0.454.